The van der Waals surface area contributed by atoms with Gasteiger partial charge >= 0.3 is 5.63 Å². The molecule has 0 saturated carbocycles. The molecule has 0 spiro atoms. The van der Waals surface area contributed by atoms with Crippen molar-refractivity contribution in [1.29, 1.82) is 5.26 Å². The van der Waals surface area contributed by atoms with Gasteiger partial charge in [-0.2, -0.15) is 5.26 Å². The van der Waals surface area contributed by atoms with Gasteiger partial charge in [0.1, 0.15) is 11.7 Å². The highest BCUT2D eigenvalue weighted by atomic mass is 16.4. The predicted octanol–water partition coefficient (Wildman–Crippen LogP) is 3.21. The van der Waals surface area contributed by atoms with Crippen molar-refractivity contribution >= 4 is 16.7 Å². The van der Waals surface area contributed by atoms with Crippen LogP contribution in [0.1, 0.15) is 30.9 Å². The van der Waals surface area contributed by atoms with Crippen molar-refractivity contribution < 1.29 is 4.42 Å². The van der Waals surface area contributed by atoms with Crippen LogP contribution >= 0.6 is 0 Å². The molecule has 0 atom stereocenters. The number of hydrogen-bond acceptors (Lipinski definition) is 4. The molecule has 3 rings (SSSR count). The Balaban J connectivity index is 2.25. The fourth-order valence-corrected chi connectivity index (χ4v) is 2.96. The molecule has 0 radical (unpaired) electrons. The minimum absolute atomic E-state index is 0.127. The number of benzene rings is 1. The summed E-state index contributed by atoms with van der Waals surface area (Å²) in [5.41, 5.74) is 1.98. The summed E-state index contributed by atoms with van der Waals surface area (Å²) in [5, 5.41) is 10.2. The summed E-state index contributed by atoms with van der Waals surface area (Å²) in [6, 6.07) is 7.75. The van der Waals surface area contributed by atoms with E-state index >= 15 is 0 Å². The first-order valence-electron chi connectivity index (χ1n) is 7.32. The molecule has 108 valence electrons. The lowest BCUT2D eigenvalue weighted by Crippen LogP contribution is -2.34. The van der Waals surface area contributed by atoms with Gasteiger partial charge in [0, 0.05) is 18.5 Å². The highest BCUT2D eigenvalue weighted by molar-refractivity contribution is 5.93. The van der Waals surface area contributed by atoms with E-state index in [0.29, 0.717) is 11.5 Å². The molecular formula is C17H18N2O2. The fraction of sp³-hybridized carbons (Fsp3) is 0.412. The first-order chi connectivity index (χ1) is 10.1. The molecule has 0 bridgehead atoms. The van der Waals surface area contributed by atoms with Crippen molar-refractivity contribution in [3.63, 3.8) is 0 Å². The van der Waals surface area contributed by atoms with Crippen molar-refractivity contribution in [1.82, 2.24) is 0 Å². The van der Waals surface area contributed by atoms with Crippen molar-refractivity contribution in [2.45, 2.75) is 26.7 Å². The summed E-state index contributed by atoms with van der Waals surface area (Å²) in [5.74, 6) is 0.694. The first-order valence-corrected chi connectivity index (χ1v) is 7.32. The summed E-state index contributed by atoms with van der Waals surface area (Å²) in [6.07, 6.45) is 2.16. The van der Waals surface area contributed by atoms with Crippen molar-refractivity contribution in [3.8, 4) is 6.07 Å². The number of fused-ring (bicyclic) bond motifs is 1. The zero-order chi connectivity index (χ0) is 15.0. The molecule has 2 heterocycles. The monoisotopic (exact) mass is 282 g/mol. The molecule has 21 heavy (non-hydrogen) atoms. The Morgan fingerprint density at radius 3 is 2.71 bits per heavy atom. The third kappa shape index (κ3) is 2.40. The van der Waals surface area contributed by atoms with Crippen LogP contribution in [-0.2, 0) is 0 Å². The van der Waals surface area contributed by atoms with Crippen LogP contribution in [0.2, 0.25) is 0 Å². The van der Waals surface area contributed by atoms with Gasteiger partial charge in [-0.3, -0.25) is 0 Å². The maximum Gasteiger partial charge on any atom is 0.356 e. The van der Waals surface area contributed by atoms with E-state index in [1.54, 1.807) is 0 Å². The fourth-order valence-electron chi connectivity index (χ4n) is 2.96. The molecule has 1 fully saturated rings. The molecule has 0 amide bonds. The van der Waals surface area contributed by atoms with E-state index in [9.17, 15) is 10.1 Å². The Labute approximate surface area is 123 Å². The average Bonchev–Trinajstić information content (AvgIpc) is 2.47. The largest absolute Gasteiger partial charge is 0.422 e. The standard InChI is InChI=1S/C17H18N2O2/c1-11-5-7-19(8-6-11)16-13-9-12(2)3-4-15(13)21-17(20)14(16)10-18/h3-4,9,11H,5-8H2,1-2H3. The maximum absolute atomic E-state index is 12.1. The first kappa shape index (κ1) is 13.7. The Morgan fingerprint density at radius 2 is 2.05 bits per heavy atom. The summed E-state index contributed by atoms with van der Waals surface area (Å²) >= 11 is 0. The second-order valence-corrected chi connectivity index (χ2v) is 5.89. The molecule has 4 nitrogen and oxygen atoms in total. The zero-order valence-electron chi connectivity index (χ0n) is 12.3. The third-order valence-corrected chi connectivity index (χ3v) is 4.25. The Kier molecular flexibility index (Phi) is 3.42. The molecule has 1 aliphatic heterocycles. The Morgan fingerprint density at radius 1 is 1.33 bits per heavy atom. The number of piperidine rings is 1. The van der Waals surface area contributed by atoms with Gasteiger partial charge in [-0.25, -0.2) is 4.79 Å². The second kappa shape index (κ2) is 5.25. The van der Waals surface area contributed by atoms with E-state index in [1.807, 2.05) is 31.2 Å². The van der Waals surface area contributed by atoms with E-state index < -0.39 is 5.63 Å². The second-order valence-electron chi connectivity index (χ2n) is 5.89. The van der Waals surface area contributed by atoms with Crippen LogP contribution < -0.4 is 10.5 Å². The van der Waals surface area contributed by atoms with Gasteiger partial charge in [0.15, 0.2) is 5.56 Å². The molecule has 0 N–H and O–H groups in total. The van der Waals surface area contributed by atoms with E-state index in [2.05, 4.69) is 11.8 Å². The Bertz CT molecular complexity index is 778. The van der Waals surface area contributed by atoms with Gasteiger partial charge in [-0.05, 0) is 37.8 Å². The van der Waals surface area contributed by atoms with Crippen molar-refractivity contribution in [3.05, 3.63) is 39.7 Å². The van der Waals surface area contributed by atoms with Gasteiger partial charge < -0.3 is 9.32 Å². The maximum atomic E-state index is 12.1. The number of aryl methyl sites for hydroxylation is 1. The molecule has 1 saturated heterocycles. The molecular weight excluding hydrogens is 264 g/mol. The van der Waals surface area contributed by atoms with Crippen molar-refractivity contribution in [2.24, 2.45) is 5.92 Å². The quantitative estimate of drug-likeness (QED) is 0.754. The highest BCUT2D eigenvalue weighted by Gasteiger charge is 2.23. The summed E-state index contributed by atoms with van der Waals surface area (Å²) in [7, 11) is 0. The van der Waals surface area contributed by atoms with Crippen LogP contribution in [-0.4, -0.2) is 13.1 Å². The molecule has 0 unspecified atom stereocenters. The summed E-state index contributed by atoms with van der Waals surface area (Å²) < 4.78 is 5.29. The van der Waals surface area contributed by atoms with Crippen LogP contribution in [0.5, 0.6) is 0 Å². The Hall–Kier alpha value is -2.28. The van der Waals surface area contributed by atoms with Gasteiger partial charge in [0.2, 0.25) is 0 Å². The molecule has 0 aliphatic carbocycles. The SMILES string of the molecule is Cc1ccc2oc(=O)c(C#N)c(N3CCC(C)CC3)c2c1. The third-order valence-electron chi connectivity index (χ3n) is 4.25. The number of rotatable bonds is 1. The van der Waals surface area contributed by atoms with Gasteiger partial charge in [-0.15, -0.1) is 0 Å². The van der Waals surface area contributed by atoms with Crippen LogP contribution in [0.3, 0.4) is 0 Å². The summed E-state index contributed by atoms with van der Waals surface area (Å²) in [6.45, 7) is 5.99. The van der Waals surface area contributed by atoms with Crippen molar-refractivity contribution in [2.75, 3.05) is 18.0 Å². The average molecular weight is 282 g/mol. The predicted molar refractivity (Wildman–Crippen MR) is 82.5 cm³/mol. The normalized spacial score (nSPS) is 16.1. The number of nitriles is 1. The lowest BCUT2D eigenvalue weighted by molar-refractivity contribution is 0.438. The molecule has 1 aromatic carbocycles. The van der Waals surface area contributed by atoms with E-state index in [-0.39, 0.29) is 5.56 Å². The molecule has 2 aromatic rings. The minimum atomic E-state index is -0.539. The number of anilines is 1. The molecule has 1 aromatic heterocycles. The minimum Gasteiger partial charge on any atom is -0.422 e. The van der Waals surface area contributed by atoms with E-state index in [4.69, 9.17) is 4.42 Å². The molecule has 4 heteroatoms. The lowest BCUT2D eigenvalue weighted by Gasteiger charge is -2.33. The highest BCUT2D eigenvalue weighted by Crippen LogP contribution is 2.32. The van der Waals surface area contributed by atoms with E-state index in [0.717, 1.165) is 42.6 Å². The van der Waals surface area contributed by atoms with Crippen LogP contribution in [0, 0.1) is 24.2 Å². The van der Waals surface area contributed by atoms with Gasteiger partial charge in [-0.1, -0.05) is 18.6 Å². The summed E-state index contributed by atoms with van der Waals surface area (Å²) in [4.78, 5) is 14.2. The number of nitrogens with zero attached hydrogens (tertiary/aromatic N) is 2. The van der Waals surface area contributed by atoms with E-state index in [1.165, 1.54) is 0 Å². The topological polar surface area (TPSA) is 57.2 Å². The zero-order valence-corrected chi connectivity index (χ0v) is 12.3. The number of hydrogen-bond donors (Lipinski definition) is 0. The van der Waals surface area contributed by atoms with Crippen LogP contribution in [0.25, 0.3) is 11.0 Å². The van der Waals surface area contributed by atoms with Gasteiger partial charge in [0.25, 0.3) is 0 Å². The molecule has 1 aliphatic rings. The van der Waals surface area contributed by atoms with Crippen LogP contribution in [0.4, 0.5) is 5.69 Å². The van der Waals surface area contributed by atoms with Gasteiger partial charge in [0.05, 0.1) is 5.69 Å². The smallest absolute Gasteiger partial charge is 0.356 e. The lowest BCUT2D eigenvalue weighted by atomic mass is 9.97. The van der Waals surface area contributed by atoms with Crippen LogP contribution in [0.15, 0.2) is 27.4 Å².